The highest BCUT2D eigenvalue weighted by atomic mass is 35.5. The predicted octanol–water partition coefficient (Wildman–Crippen LogP) is 3.66. The van der Waals surface area contributed by atoms with Crippen LogP contribution in [0.1, 0.15) is 24.8 Å². The molecule has 0 radical (unpaired) electrons. The Balaban J connectivity index is 1.50. The molecule has 4 rings (SSSR count). The largest absolute Gasteiger partial charge is 0.328 e. The van der Waals surface area contributed by atoms with Crippen LogP contribution < -0.4 is 5.32 Å². The Morgan fingerprint density at radius 2 is 2.17 bits per heavy atom. The second-order valence-electron chi connectivity index (χ2n) is 5.61. The third-order valence-corrected chi connectivity index (χ3v) is 5.32. The van der Waals surface area contributed by atoms with Crippen molar-refractivity contribution < 1.29 is 4.79 Å². The van der Waals surface area contributed by atoms with Crippen LogP contribution in [-0.2, 0) is 17.1 Å². The minimum Gasteiger partial charge on any atom is -0.328 e. The fourth-order valence-corrected chi connectivity index (χ4v) is 3.97. The number of anilines is 1. The zero-order chi connectivity index (χ0) is 15.8. The van der Waals surface area contributed by atoms with Gasteiger partial charge in [0.15, 0.2) is 5.78 Å². The van der Waals surface area contributed by atoms with Crippen LogP contribution in [0.3, 0.4) is 0 Å². The molecule has 0 amide bonds. The Kier molecular flexibility index (Phi) is 3.87. The highest BCUT2D eigenvalue weighted by molar-refractivity contribution is 7.98. The topological polar surface area (TPSA) is 59.8 Å². The number of benzene rings is 1. The van der Waals surface area contributed by atoms with Gasteiger partial charge in [-0.25, -0.2) is 4.68 Å². The van der Waals surface area contributed by atoms with Crippen LogP contribution in [0.4, 0.5) is 5.95 Å². The Morgan fingerprint density at radius 1 is 1.30 bits per heavy atom. The van der Waals surface area contributed by atoms with E-state index < -0.39 is 0 Å². The first-order valence-corrected chi connectivity index (χ1v) is 8.90. The number of allylic oxidation sites excluding steroid dienone is 2. The first-order valence-electron chi connectivity index (χ1n) is 7.54. The molecule has 2 heterocycles. The predicted molar refractivity (Wildman–Crippen MR) is 90.5 cm³/mol. The maximum Gasteiger partial charge on any atom is 0.226 e. The van der Waals surface area contributed by atoms with Gasteiger partial charge in [-0.1, -0.05) is 41.6 Å². The zero-order valence-electron chi connectivity index (χ0n) is 12.4. The summed E-state index contributed by atoms with van der Waals surface area (Å²) in [7, 11) is 0. The Morgan fingerprint density at radius 3 is 3.04 bits per heavy atom. The van der Waals surface area contributed by atoms with E-state index in [-0.39, 0.29) is 5.78 Å². The highest BCUT2D eigenvalue weighted by Gasteiger charge is 2.27. The second kappa shape index (κ2) is 6.02. The van der Waals surface area contributed by atoms with E-state index in [1.807, 2.05) is 24.3 Å². The Hall–Kier alpha value is -1.79. The number of rotatable bonds is 3. The molecule has 0 saturated carbocycles. The van der Waals surface area contributed by atoms with Crippen molar-refractivity contribution in [2.45, 2.75) is 36.7 Å². The van der Waals surface area contributed by atoms with Gasteiger partial charge in [0.1, 0.15) is 0 Å². The fourth-order valence-electron chi connectivity index (χ4n) is 2.84. The summed E-state index contributed by atoms with van der Waals surface area (Å²) in [5, 5.41) is 9.21. The molecule has 2 aromatic rings. The van der Waals surface area contributed by atoms with E-state index in [9.17, 15) is 4.79 Å². The van der Waals surface area contributed by atoms with Crippen LogP contribution in [0.15, 0.2) is 40.7 Å². The van der Waals surface area contributed by atoms with Gasteiger partial charge >= 0.3 is 0 Å². The molecule has 1 aliphatic heterocycles. The molecule has 0 unspecified atom stereocenters. The number of Topliss-reactive ketones (excluding diaryl/α,β-unsaturated/α-hetero) is 1. The average molecular weight is 347 g/mol. The molecule has 1 aromatic carbocycles. The molecule has 0 bridgehead atoms. The number of fused-ring (bicyclic) bond motifs is 1. The molecule has 0 fully saturated rings. The third kappa shape index (κ3) is 2.88. The quantitative estimate of drug-likeness (QED) is 0.859. The minimum absolute atomic E-state index is 0.227. The summed E-state index contributed by atoms with van der Waals surface area (Å²) in [6.07, 6.45) is 2.46. The molecule has 1 aliphatic carbocycles. The Bertz CT molecular complexity index is 814. The van der Waals surface area contributed by atoms with Crippen LogP contribution in [-0.4, -0.2) is 20.5 Å². The van der Waals surface area contributed by atoms with Gasteiger partial charge < -0.3 is 5.32 Å². The van der Waals surface area contributed by atoms with Crippen molar-refractivity contribution in [2.24, 2.45) is 0 Å². The van der Waals surface area contributed by atoms with E-state index in [1.165, 1.54) is 0 Å². The number of ketones is 1. The number of halogens is 1. The number of hydrogen-bond donors (Lipinski definition) is 1. The summed E-state index contributed by atoms with van der Waals surface area (Å²) in [6.45, 7) is 0.524. The van der Waals surface area contributed by atoms with E-state index in [1.54, 1.807) is 16.4 Å². The van der Waals surface area contributed by atoms with Gasteiger partial charge in [-0.05, 0) is 24.5 Å². The van der Waals surface area contributed by atoms with Gasteiger partial charge in [0.2, 0.25) is 11.1 Å². The lowest BCUT2D eigenvalue weighted by Crippen LogP contribution is -2.26. The van der Waals surface area contributed by atoms with E-state index in [2.05, 4.69) is 15.4 Å². The number of hydrogen-bond acceptors (Lipinski definition) is 5. The molecule has 0 spiro atoms. The lowest BCUT2D eigenvalue weighted by Gasteiger charge is -2.24. The minimum atomic E-state index is 0.227. The van der Waals surface area contributed by atoms with Gasteiger partial charge in [0, 0.05) is 28.5 Å². The monoisotopic (exact) mass is 346 g/mol. The molecule has 7 heteroatoms. The van der Waals surface area contributed by atoms with E-state index in [0.29, 0.717) is 18.1 Å². The van der Waals surface area contributed by atoms with Crippen molar-refractivity contribution in [3.63, 3.8) is 0 Å². The van der Waals surface area contributed by atoms with Crippen LogP contribution in [0.25, 0.3) is 0 Å². The number of carbonyl (C=O) groups excluding carboxylic acids is 1. The van der Waals surface area contributed by atoms with Gasteiger partial charge in [-0.15, -0.1) is 5.10 Å². The first kappa shape index (κ1) is 14.8. The van der Waals surface area contributed by atoms with Gasteiger partial charge in [0.05, 0.1) is 6.54 Å². The van der Waals surface area contributed by atoms with Gasteiger partial charge in [-0.3, -0.25) is 4.79 Å². The van der Waals surface area contributed by atoms with Gasteiger partial charge in [-0.2, -0.15) is 4.98 Å². The maximum absolute atomic E-state index is 12.0. The summed E-state index contributed by atoms with van der Waals surface area (Å²) in [6, 6.07) is 7.77. The number of thioether (sulfide) groups is 1. The van der Waals surface area contributed by atoms with Crippen LogP contribution in [0.2, 0.25) is 5.02 Å². The Labute approximate surface area is 143 Å². The number of aromatic nitrogens is 3. The van der Waals surface area contributed by atoms with Crippen molar-refractivity contribution in [3.8, 4) is 0 Å². The third-order valence-electron chi connectivity index (χ3n) is 4.07. The standard InChI is InChI=1S/C16H15ClN4OS/c17-12-5-2-1-4-10(12)9-23-16-19-15-18-13-6-3-7-14(22)11(13)8-21(15)20-16/h1-2,4-5H,3,6-9H2,(H,18,19,20). The van der Waals surface area contributed by atoms with Gasteiger partial charge in [0.25, 0.3) is 0 Å². The number of carbonyl (C=O) groups is 1. The molecule has 5 nitrogen and oxygen atoms in total. The van der Waals surface area contributed by atoms with Crippen molar-refractivity contribution >= 4 is 35.1 Å². The molecular weight excluding hydrogens is 332 g/mol. The summed E-state index contributed by atoms with van der Waals surface area (Å²) in [5.74, 6) is 1.67. The lowest BCUT2D eigenvalue weighted by atomic mass is 9.94. The molecule has 2 aliphatic rings. The van der Waals surface area contributed by atoms with Crippen molar-refractivity contribution in [1.29, 1.82) is 0 Å². The highest BCUT2D eigenvalue weighted by Crippen LogP contribution is 2.31. The SMILES string of the molecule is O=C1CCCC2=C1Cn1nc(SCc3ccccc3Cl)nc1N2. The summed E-state index contributed by atoms with van der Waals surface area (Å²) in [5.41, 5.74) is 2.94. The molecule has 1 aromatic heterocycles. The van der Waals surface area contributed by atoms with Crippen molar-refractivity contribution in [1.82, 2.24) is 14.8 Å². The molecule has 118 valence electrons. The molecule has 1 N–H and O–H groups in total. The normalized spacial score (nSPS) is 16.8. The summed E-state index contributed by atoms with van der Waals surface area (Å²) >= 11 is 7.72. The van der Waals surface area contributed by atoms with Crippen LogP contribution >= 0.6 is 23.4 Å². The average Bonchev–Trinajstić information content (AvgIpc) is 2.94. The number of nitrogens with one attached hydrogen (secondary N) is 1. The summed E-state index contributed by atoms with van der Waals surface area (Å²) in [4.78, 5) is 16.5. The molecule has 23 heavy (non-hydrogen) atoms. The zero-order valence-corrected chi connectivity index (χ0v) is 14.0. The fraction of sp³-hybridized carbons (Fsp3) is 0.312. The first-order chi connectivity index (χ1) is 11.2. The lowest BCUT2D eigenvalue weighted by molar-refractivity contribution is -0.116. The van der Waals surface area contributed by atoms with E-state index >= 15 is 0 Å². The maximum atomic E-state index is 12.0. The number of nitrogens with zero attached hydrogens (tertiary/aromatic N) is 3. The molecule has 0 saturated heterocycles. The smallest absolute Gasteiger partial charge is 0.226 e. The van der Waals surface area contributed by atoms with Crippen LogP contribution in [0.5, 0.6) is 0 Å². The van der Waals surface area contributed by atoms with Crippen molar-refractivity contribution in [2.75, 3.05) is 5.32 Å². The second-order valence-corrected chi connectivity index (χ2v) is 6.96. The summed E-state index contributed by atoms with van der Waals surface area (Å²) < 4.78 is 1.77. The van der Waals surface area contributed by atoms with E-state index in [4.69, 9.17) is 11.6 Å². The van der Waals surface area contributed by atoms with E-state index in [0.717, 1.165) is 46.4 Å². The molecule has 0 atom stereocenters. The van der Waals surface area contributed by atoms with Crippen LogP contribution in [0, 0.1) is 0 Å². The van der Waals surface area contributed by atoms with Crippen molar-refractivity contribution in [3.05, 3.63) is 46.1 Å². The molecular formula is C16H15ClN4OS.